The Kier molecular flexibility index (Phi) is 8.89. The van der Waals surface area contributed by atoms with E-state index in [-0.39, 0.29) is 46.4 Å². The number of aliphatic hydroxyl groups is 1. The highest BCUT2D eigenvalue weighted by Crippen LogP contribution is 2.36. The molecule has 1 aliphatic rings. The van der Waals surface area contributed by atoms with E-state index in [1.807, 2.05) is 33.0 Å². The van der Waals surface area contributed by atoms with Gasteiger partial charge < -0.3 is 14.7 Å². The molecule has 2 heterocycles. The van der Waals surface area contributed by atoms with Gasteiger partial charge in [-0.2, -0.15) is 0 Å². The molecule has 2 aromatic carbocycles. The van der Waals surface area contributed by atoms with Gasteiger partial charge in [-0.25, -0.2) is 8.42 Å². The minimum atomic E-state index is -3.94. The topological polar surface area (TPSA) is 112 Å². The molecule has 1 aromatic heterocycles. The predicted molar refractivity (Wildman–Crippen MR) is 150 cm³/mol. The van der Waals surface area contributed by atoms with Gasteiger partial charge in [-0.1, -0.05) is 30.7 Å². The van der Waals surface area contributed by atoms with Crippen LogP contribution in [0.5, 0.6) is 5.75 Å². The molecule has 0 radical (unpaired) electrons. The number of fused-ring (bicyclic) bond motifs is 1. The lowest BCUT2D eigenvalue weighted by Crippen LogP contribution is -2.49. The molecule has 1 amide bonds. The number of likely N-dealkylation sites (N-methyl/N-ethyl adjacent to an activating group) is 1. The summed E-state index contributed by atoms with van der Waals surface area (Å²) in [6, 6.07) is 14.9. The number of aromatic nitrogens is 1. The van der Waals surface area contributed by atoms with Crippen LogP contribution >= 0.6 is 0 Å². The van der Waals surface area contributed by atoms with Crippen LogP contribution in [0.1, 0.15) is 35.3 Å². The third-order valence-electron chi connectivity index (χ3n) is 6.96. The average molecular weight is 553 g/mol. The number of para-hydroxylation sites is 1. The highest BCUT2D eigenvalue weighted by atomic mass is 32.2. The molecule has 0 saturated heterocycles. The summed E-state index contributed by atoms with van der Waals surface area (Å²) in [5.41, 5.74) is 2.48. The highest BCUT2D eigenvalue weighted by Gasteiger charge is 2.35. The molecule has 1 aliphatic heterocycles. The van der Waals surface area contributed by atoms with E-state index < -0.39 is 16.1 Å². The van der Waals surface area contributed by atoms with Crippen molar-refractivity contribution in [3.63, 3.8) is 0 Å². The minimum absolute atomic E-state index is 0.111. The van der Waals surface area contributed by atoms with Gasteiger partial charge in [-0.05, 0) is 62.9 Å². The van der Waals surface area contributed by atoms with Gasteiger partial charge >= 0.3 is 0 Å². The van der Waals surface area contributed by atoms with Gasteiger partial charge in [0.1, 0.15) is 6.10 Å². The molecule has 0 spiro atoms. The molecule has 0 fully saturated rings. The zero-order chi connectivity index (χ0) is 28.2. The second-order valence-corrected chi connectivity index (χ2v) is 12.0. The van der Waals surface area contributed by atoms with Crippen LogP contribution in [0.15, 0.2) is 71.9 Å². The highest BCUT2D eigenvalue weighted by molar-refractivity contribution is 7.92. The van der Waals surface area contributed by atoms with Gasteiger partial charge in [0.2, 0.25) is 0 Å². The smallest absolute Gasteiger partial charge is 0.262 e. The van der Waals surface area contributed by atoms with Crippen LogP contribution in [0.3, 0.4) is 0 Å². The molecular weight excluding hydrogens is 516 g/mol. The molecule has 10 heteroatoms. The van der Waals surface area contributed by atoms with Gasteiger partial charge in [-0.15, -0.1) is 0 Å². The molecule has 4 rings (SSSR count). The molecule has 3 aromatic rings. The van der Waals surface area contributed by atoms with Gasteiger partial charge in [-0.3, -0.25) is 19.4 Å². The van der Waals surface area contributed by atoms with E-state index in [4.69, 9.17) is 4.74 Å². The number of rotatable bonds is 9. The van der Waals surface area contributed by atoms with Gasteiger partial charge in [0.15, 0.2) is 5.75 Å². The molecule has 9 nitrogen and oxygen atoms in total. The molecule has 208 valence electrons. The number of nitrogens with one attached hydrogen (secondary N) is 1. The van der Waals surface area contributed by atoms with Crippen LogP contribution in [0.25, 0.3) is 0 Å². The second kappa shape index (κ2) is 12.1. The van der Waals surface area contributed by atoms with Crippen LogP contribution in [0.4, 0.5) is 5.69 Å². The summed E-state index contributed by atoms with van der Waals surface area (Å²) < 4.78 is 35.7. The fourth-order valence-corrected chi connectivity index (χ4v) is 5.70. The third kappa shape index (κ3) is 6.76. The van der Waals surface area contributed by atoms with Crippen molar-refractivity contribution < 1.29 is 23.1 Å². The van der Waals surface area contributed by atoms with Crippen LogP contribution < -0.4 is 9.46 Å². The summed E-state index contributed by atoms with van der Waals surface area (Å²) >= 11 is 0. The van der Waals surface area contributed by atoms with Crippen molar-refractivity contribution in [2.75, 3.05) is 31.5 Å². The average Bonchev–Trinajstić information content (AvgIpc) is 2.91. The Bertz CT molecular complexity index is 1380. The van der Waals surface area contributed by atoms with E-state index in [1.165, 1.54) is 0 Å². The van der Waals surface area contributed by atoms with E-state index in [1.54, 1.807) is 66.7 Å². The second-order valence-electron chi connectivity index (χ2n) is 10.3. The molecule has 0 aliphatic carbocycles. The number of carbonyl (C=O) groups is 1. The Morgan fingerprint density at radius 1 is 1.15 bits per heavy atom. The van der Waals surface area contributed by atoms with Crippen LogP contribution in [-0.2, 0) is 16.6 Å². The van der Waals surface area contributed by atoms with Crippen molar-refractivity contribution in [2.24, 2.45) is 5.92 Å². The monoisotopic (exact) mass is 552 g/mol. The fourth-order valence-electron chi connectivity index (χ4n) is 4.63. The van der Waals surface area contributed by atoms with Gasteiger partial charge in [0.25, 0.3) is 15.9 Å². The van der Waals surface area contributed by atoms with Crippen molar-refractivity contribution in [2.45, 2.75) is 44.4 Å². The van der Waals surface area contributed by atoms with Crippen LogP contribution in [0.2, 0.25) is 0 Å². The molecular formula is C29H36N4O5S. The number of aryl methyl sites for hydroxylation is 1. The standard InChI is InChI=1S/C29H36N4O5S/c1-20-8-10-24(11-9-20)39(36,37)31-26-7-5-6-25-28(26)38-27(18-32(4)17-23-12-14-30-15-13-23)21(2)16-33(29(25)35)22(3)19-34/h5-15,21-22,27,31,34H,16-19H2,1-4H3/t21-,22-,27-/m0/s1. The van der Waals surface area contributed by atoms with Crippen molar-refractivity contribution in [3.05, 3.63) is 83.7 Å². The van der Waals surface area contributed by atoms with E-state index >= 15 is 0 Å². The van der Waals surface area contributed by atoms with Crippen molar-refractivity contribution >= 4 is 21.6 Å². The largest absolute Gasteiger partial charge is 0.486 e. The van der Waals surface area contributed by atoms with Crippen molar-refractivity contribution in [1.82, 2.24) is 14.8 Å². The number of ether oxygens (including phenoxy) is 1. The SMILES string of the molecule is Cc1ccc(S(=O)(=O)Nc2cccc3c2O[C@@H](CN(C)Cc2ccncc2)[C@@H](C)CN([C@@H](C)CO)C3=O)cc1. The van der Waals surface area contributed by atoms with Gasteiger partial charge in [0, 0.05) is 37.9 Å². The maximum absolute atomic E-state index is 13.7. The summed E-state index contributed by atoms with van der Waals surface area (Å²) in [5, 5.41) is 9.90. The maximum Gasteiger partial charge on any atom is 0.262 e. The maximum atomic E-state index is 13.7. The number of hydrogen-bond donors (Lipinski definition) is 2. The Hall–Kier alpha value is -3.47. The summed E-state index contributed by atoms with van der Waals surface area (Å²) in [5.74, 6) is -0.252. The molecule has 0 saturated carbocycles. The van der Waals surface area contributed by atoms with E-state index in [9.17, 15) is 18.3 Å². The lowest BCUT2D eigenvalue weighted by atomic mass is 9.99. The molecule has 39 heavy (non-hydrogen) atoms. The van der Waals surface area contributed by atoms with E-state index in [0.29, 0.717) is 19.6 Å². The Labute approximate surface area is 230 Å². The summed E-state index contributed by atoms with van der Waals surface area (Å²) in [7, 11) is -1.96. The molecule has 0 unspecified atom stereocenters. The first-order chi connectivity index (χ1) is 18.6. The number of sulfonamides is 1. The quantitative estimate of drug-likeness (QED) is 0.418. The number of amides is 1. The van der Waals surface area contributed by atoms with Crippen LogP contribution in [-0.4, -0.2) is 73.1 Å². The van der Waals surface area contributed by atoms with Crippen molar-refractivity contribution in [1.29, 1.82) is 0 Å². The predicted octanol–water partition coefficient (Wildman–Crippen LogP) is 3.54. The Morgan fingerprint density at radius 3 is 2.51 bits per heavy atom. The molecule has 3 atom stereocenters. The van der Waals surface area contributed by atoms with Crippen LogP contribution in [0, 0.1) is 12.8 Å². The summed E-state index contributed by atoms with van der Waals surface area (Å²) in [6.45, 7) is 7.06. The number of hydrogen-bond acceptors (Lipinski definition) is 7. The summed E-state index contributed by atoms with van der Waals surface area (Å²) in [6.07, 6.45) is 3.13. The number of aliphatic hydroxyl groups excluding tert-OH is 1. The third-order valence-corrected chi connectivity index (χ3v) is 8.34. The Balaban J connectivity index is 1.71. The zero-order valence-electron chi connectivity index (χ0n) is 22.7. The Morgan fingerprint density at radius 2 is 1.85 bits per heavy atom. The number of nitrogens with zero attached hydrogens (tertiary/aromatic N) is 3. The van der Waals surface area contributed by atoms with Crippen molar-refractivity contribution in [3.8, 4) is 5.75 Å². The lowest BCUT2D eigenvalue weighted by Gasteiger charge is -2.38. The molecule has 0 bridgehead atoms. The lowest BCUT2D eigenvalue weighted by molar-refractivity contribution is 0.0344. The normalized spacial score (nSPS) is 18.6. The summed E-state index contributed by atoms with van der Waals surface area (Å²) in [4.78, 5) is 21.6. The first-order valence-corrected chi connectivity index (χ1v) is 14.5. The van der Waals surface area contributed by atoms with E-state index in [0.717, 1.165) is 11.1 Å². The number of pyridine rings is 1. The first kappa shape index (κ1) is 28.5. The minimum Gasteiger partial charge on any atom is -0.486 e. The number of carbonyl (C=O) groups excluding carboxylic acids is 1. The van der Waals surface area contributed by atoms with Gasteiger partial charge in [0.05, 0.1) is 28.8 Å². The fraction of sp³-hybridized carbons (Fsp3) is 0.379. The molecule has 2 N–H and O–H groups in total. The zero-order valence-corrected chi connectivity index (χ0v) is 23.6. The first-order valence-electron chi connectivity index (χ1n) is 13.0. The number of benzene rings is 2. The number of anilines is 1. The van der Waals surface area contributed by atoms with E-state index in [2.05, 4.69) is 14.6 Å².